The third kappa shape index (κ3) is 5.36. The molecule has 7 aromatic rings. The van der Waals surface area contributed by atoms with Gasteiger partial charge in [0.25, 0.3) is 0 Å². The maximum Gasteiger partial charge on any atom is 0.155 e. The molecule has 4 aromatic carbocycles. The first-order valence-corrected chi connectivity index (χ1v) is 14.2. The zero-order valence-corrected chi connectivity index (χ0v) is 25.8. The van der Waals surface area contributed by atoms with Crippen LogP contribution in [0.3, 0.4) is 0 Å². The van der Waals surface area contributed by atoms with Gasteiger partial charge in [0.15, 0.2) is 5.78 Å². The van der Waals surface area contributed by atoms with Gasteiger partial charge in [-0.15, -0.1) is 58.6 Å². The van der Waals surface area contributed by atoms with Crippen molar-refractivity contribution < 1.29 is 30.0 Å². The molecule has 0 atom stereocenters. The van der Waals surface area contributed by atoms with E-state index in [1.165, 1.54) is 71.4 Å². The molecular formula is C34H24IrNO2S2-. The molecule has 3 nitrogen and oxygen atoms in total. The van der Waals surface area contributed by atoms with Gasteiger partial charge in [-0.3, -0.25) is 4.79 Å². The quantitative estimate of drug-likeness (QED) is 0.112. The standard InChI is InChI=1S/C29H16NS2.C5H8O2.Ir/c1-2-8-18(9-3-1)22-16-19(14-15-30-22)27-28-20-10-4-6-12-23(20)31-25(28)17-26-29(27)21-11-5-7-13-24(21)32-26;1-4(6)3-5(2)7;/h1-8,10-17H;3,6H,1-2H3;/q-1;;/b;4-3-;. The Balaban J connectivity index is 0.000000362. The van der Waals surface area contributed by atoms with E-state index in [1.54, 1.807) is 0 Å². The van der Waals surface area contributed by atoms with Crippen LogP contribution >= 0.6 is 22.7 Å². The van der Waals surface area contributed by atoms with Crippen molar-refractivity contribution in [2.45, 2.75) is 13.8 Å². The van der Waals surface area contributed by atoms with E-state index in [9.17, 15) is 4.79 Å². The van der Waals surface area contributed by atoms with Gasteiger partial charge in [0.1, 0.15) is 0 Å². The number of aliphatic hydroxyl groups is 1. The van der Waals surface area contributed by atoms with Crippen molar-refractivity contribution in [3.8, 4) is 22.4 Å². The maximum absolute atomic E-state index is 10.0. The van der Waals surface area contributed by atoms with Gasteiger partial charge in [-0.2, -0.15) is 0 Å². The van der Waals surface area contributed by atoms with Gasteiger partial charge in [0.05, 0.1) is 5.76 Å². The number of carbonyl (C=O) groups is 1. The summed E-state index contributed by atoms with van der Waals surface area (Å²) in [6.07, 6.45) is 3.10. The Morgan fingerprint density at radius 1 is 0.800 bits per heavy atom. The second kappa shape index (κ2) is 11.8. The molecule has 40 heavy (non-hydrogen) atoms. The van der Waals surface area contributed by atoms with Crippen molar-refractivity contribution >= 4 is 68.8 Å². The van der Waals surface area contributed by atoms with Gasteiger partial charge >= 0.3 is 0 Å². The number of fused-ring (bicyclic) bond motifs is 6. The fourth-order valence-electron chi connectivity index (χ4n) is 4.96. The van der Waals surface area contributed by atoms with Crippen LogP contribution in [0.4, 0.5) is 0 Å². The number of pyridine rings is 1. The first-order valence-electron chi connectivity index (χ1n) is 12.6. The van der Waals surface area contributed by atoms with E-state index < -0.39 is 0 Å². The second-order valence-electron chi connectivity index (χ2n) is 9.30. The molecule has 0 saturated heterocycles. The maximum atomic E-state index is 10.0. The molecule has 3 aromatic heterocycles. The van der Waals surface area contributed by atoms with Gasteiger partial charge in [-0.1, -0.05) is 42.5 Å². The third-order valence-corrected chi connectivity index (χ3v) is 8.69. The minimum Gasteiger partial charge on any atom is -0.512 e. The number of rotatable bonds is 3. The van der Waals surface area contributed by atoms with E-state index in [1.807, 2.05) is 47.1 Å². The van der Waals surface area contributed by atoms with Crippen LogP contribution in [0.2, 0.25) is 0 Å². The average Bonchev–Trinajstić information content (AvgIpc) is 3.50. The number of hydrogen-bond donors (Lipinski definition) is 1. The van der Waals surface area contributed by atoms with Crippen molar-refractivity contribution in [2.75, 3.05) is 0 Å². The predicted molar refractivity (Wildman–Crippen MR) is 167 cm³/mol. The minimum absolute atomic E-state index is 0. The Morgan fingerprint density at radius 2 is 1.40 bits per heavy atom. The molecule has 0 spiro atoms. The van der Waals surface area contributed by atoms with Crippen LogP contribution in [0.25, 0.3) is 62.7 Å². The molecular weight excluding hydrogens is 711 g/mol. The number of hydrogen-bond acceptors (Lipinski definition) is 5. The van der Waals surface area contributed by atoms with Crippen molar-refractivity contribution in [3.05, 3.63) is 115 Å². The summed E-state index contributed by atoms with van der Waals surface area (Å²) in [6.45, 7) is 2.85. The summed E-state index contributed by atoms with van der Waals surface area (Å²) in [7, 11) is 0. The Bertz CT molecular complexity index is 1930. The summed E-state index contributed by atoms with van der Waals surface area (Å²) in [5.41, 5.74) is 4.48. The van der Waals surface area contributed by atoms with E-state index in [0.29, 0.717) is 0 Å². The zero-order chi connectivity index (χ0) is 26.9. The Hall–Kier alpha value is -3.67. The number of nitrogens with zero attached hydrogens (tertiary/aromatic N) is 1. The van der Waals surface area contributed by atoms with Crippen LogP contribution in [-0.2, 0) is 24.9 Å². The molecule has 0 aliphatic heterocycles. The molecule has 0 aliphatic carbocycles. The van der Waals surface area contributed by atoms with Gasteiger partial charge in [-0.05, 0) is 54.9 Å². The van der Waals surface area contributed by atoms with E-state index in [2.05, 4.69) is 83.8 Å². The fourth-order valence-corrected chi connectivity index (χ4v) is 7.34. The van der Waals surface area contributed by atoms with Crippen molar-refractivity contribution in [2.24, 2.45) is 0 Å². The zero-order valence-electron chi connectivity index (χ0n) is 21.8. The summed E-state index contributed by atoms with van der Waals surface area (Å²) in [4.78, 5) is 14.7. The molecule has 0 saturated carbocycles. The topological polar surface area (TPSA) is 50.2 Å². The Kier molecular flexibility index (Phi) is 8.24. The largest absolute Gasteiger partial charge is 0.512 e. The fraction of sp³-hybridized carbons (Fsp3) is 0.0588. The SMILES string of the molecule is CC(=O)/C=C(/C)O.[Ir].[c-]1ccccc1-c1cc(-c2c3c(cc4sc5ccccc5c24)sc2ccccc23)ccn1. The van der Waals surface area contributed by atoms with Crippen LogP contribution in [0.15, 0.2) is 109 Å². The predicted octanol–water partition coefficient (Wildman–Crippen LogP) is 9.99. The molecule has 199 valence electrons. The number of aromatic nitrogens is 1. The first-order chi connectivity index (χ1) is 19.0. The van der Waals surface area contributed by atoms with Crippen LogP contribution in [0.5, 0.6) is 0 Å². The van der Waals surface area contributed by atoms with E-state index in [-0.39, 0.29) is 31.6 Å². The summed E-state index contributed by atoms with van der Waals surface area (Å²) >= 11 is 3.76. The van der Waals surface area contributed by atoms with E-state index >= 15 is 0 Å². The Morgan fingerprint density at radius 3 is 1.93 bits per heavy atom. The van der Waals surface area contributed by atoms with E-state index in [4.69, 9.17) is 5.11 Å². The molecule has 0 aliphatic rings. The molecule has 0 unspecified atom stereocenters. The summed E-state index contributed by atoms with van der Waals surface area (Å²) < 4.78 is 5.34. The van der Waals surface area contributed by atoms with Crippen LogP contribution in [0.1, 0.15) is 13.8 Å². The van der Waals surface area contributed by atoms with Gasteiger partial charge in [-0.25, -0.2) is 0 Å². The smallest absolute Gasteiger partial charge is 0.155 e. The summed E-state index contributed by atoms with van der Waals surface area (Å²) in [6, 6.07) is 35.7. The van der Waals surface area contributed by atoms with Gasteiger partial charge < -0.3 is 10.1 Å². The molecule has 1 radical (unpaired) electrons. The van der Waals surface area contributed by atoms with Crippen LogP contribution in [0, 0.1) is 6.07 Å². The van der Waals surface area contributed by atoms with Crippen molar-refractivity contribution in [1.82, 2.24) is 4.98 Å². The van der Waals surface area contributed by atoms with Crippen molar-refractivity contribution in [1.29, 1.82) is 0 Å². The molecule has 0 amide bonds. The summed E-state index contributed by atoms with van der Waals surface area (Å²) in [5, 5.41) is 13.7. The van der Waals surface area contributed by atoms with Crippen LogP contribution < -0.4 is 0 Å². The first kappa shape index (κ1) is 27.9. The monoisotopic (exact) mass is 735 g/mol. The van der Waals surface area contributed by atoms with Gasteiger partial charge in [0.2, 0.25) is 0 Å². The molecule has 3 heterocycles. The number of carbonyl (C=O) groups excluding carboxylic acids is 1. The van der Waals surface area contributed by atoms with E-state index in [0.717, 1.165) is 11.3 Å². The molecule has 0 fully saturated rings. The molecule has 7 rings (SSSR count). The number of ketones is 1. The minimum atomic E-state index is -0.125. The second-order valence-corrected chi connectivity index (χ2v) is 11.5. The number of benzene rings is 4. The molecule has 6 heteroatoms. The average molecular weight is 735 g/mol. The van der Waals surface area contributed by atoms with Gasteiger partial charge in [0, 0.05) is 72.7 Å². The number of aliphatic hydroxyl groups excluding tert-OH is 1. The molecule has 0 bridgehead atoms. The summed E-state index contributed by atoms with van der Waals surface area (Å²) in [5.74, 6) is -0.0625. The number of thiophene rings is 2. The number of allylic oxidation sites excluding steroid dienone is 2. The normalized spacial score (nSPS) is 11.4. The molecule has 1 N–H and O–H groups in total. The Labute approximate surface area is 253 Å². The van der Waals surface area contributed by atoms with Crippen molar-refractivity contribution in [3.63, 3.8) is 0 Å². The van der Waals surface area contributed by atoms with Crippen LogP contribution in [-0.4, -0.2) is 15.9 Å². The third-order valence-electron chi connectivity index (χ3n) is 6.45.